The van der Waals surface area contributed by atoms with Crippen molar-refractivity contribution in [2.45, 2.75) is 45.0 Å². The molecular formula is C10H16BrClN2. The zero-order valence-electron chi connectivity index (χ0n) is 8.80. The first kappa shape index (κ1) is 12.1. The molecule has 0 aromatic carbocycles. The molecule has 0 spiro atoms. The van der Waals surface area contributed by atoms with Crippen LogP contribution in [0.5, 0.6) is 0 Å². The lowest BCUT2D eigenvalue weighted by Gasteiger charge is -2.11. The Bertz CT molecular complexity index is 294. The summed E-state index contributed by atoms with van der Waals surface area (Å²) in [5.41, 5.74) is 1.24. The number of nitrogens with zero attached hydrogens (tertiary/aromatic N) is 2. The molecule has 1 unspecified atom stereocenters. The van der Waals surface area contributed by atoms with Gasteiger partial charge in [0.15, 0.2) is 0 Å². The highest BCUT2D eigenvalue weighted by molar-refractivity contribution is 9.10. The van der Waals surface area contributed by atoms with E-state index >= 15 is 0 Å². The van der Waals surface area contributed by atoms with Gasteiger partial charge in [-0.3, -0.25) is 4.68 Å². The summed E-state index contributed by atoms with van der Waals surface area (Å²) in [4.78, 5) is 0. The van der Waals surface area contributed by atoms with E-state index in [0.29, 0.717) is 6.04 Å². The van der Waals surface area contributed by atoms with E-state index in [1.165, 1.54) is 5.69 Å². The minimum absolute atomic E-state index is 0.220. The minimum Gasteiger partial charge on any atom is -0.266 e. The topological polar surface area (TPSA) is 17.8 Å². The molecule has 0 N–H and O–H groups in total. The lowest BCUT2D eigenvalue weighted by atomic mass is 10.2. The molecule has 1 heterocycles. The maximum atomic E-state index is 5.93. The maximum Gasteiger partial charge on any atom is 0.0635 e. The van der Waals surface area contributed by atoms with Gasteiger partial charge in [0, 0.05) is 11.4 Å². The third kappa shape index (κ3) is 2.99. The zero-order valence-corrected chi connectivity index (χ0v) is 11.1. The van der Waals surface area contributed by atoms with E-state index in [-0.39, 0.29) is 5.38 Å². The summed E-state index contributed by atoms with van der Waals surface area (Å²) in [7, 11) is 0. The fourth-order valence-electron chi connectivity index (χ4n) is 1.38. The molecular weight excluding hydrogens is 263 g/mol. The van der Waals surface area contributed by atoms with Crippen LogP contribution in [-0.2, 0) is 6.42 Å². The Morgan fingerprint density at radius 2 is 2.14 bits per heavy atom. The van der Waals surface area contributed by atoms with E-state index in [1.54, 1.807) is 0 Å². The number of hydrogen-bond acceptors (Lipinski definition) is 1. The summed E-state index contributed by atoms with van der Waals surface area (Å²) in [6.45, 7) is 6.28. The van der Waals surface area contributed by atoms with E-state index in [9.17, 15) is 0 Å². The van der Waals surface area contributed by atoms with E-state index in [1.807, 2.05) is 17.8 Å². The van der Waals surface area contributed by atoms with E-state index in [2.05, 4.69) is 34.9 Å². The van der Waals surface area contributed by atoms with Crippen LogP contribution in [0.1, 0.15) is 38.9 Å². The summed E-state index contributed by atoms with van der Waals surface area (Å²) in [6.07, 6.45) is 3.82. The number of halogens is 2. The Morgan fingerprint density at radius 1 is 1.50 bits per heavy atom. The smallest absolute Gasteiger partial charge is 0.0635 e. The van der Waals surface area contributed by atoms with Gasteiger partial charge < -0.3 is 0 Å². The quantitative estimate of drug-likeness (QED) is 0.767. The number of alkyl halides is 1. The molecule has 0 radical (unpaired) electrons. The Balaban J connectivity index is 2.77. The van der Waals surface area contributed by atoms with Crippen LogP contribution in [-0.4, -0.2) is 15.2 Å². The third-order valence-electron chi connectivity index (χ3n) is 2.12. The highest BCUT2D eigenvalue weighted by Gasteiger charge is 2.11. The fourth-order valence-corrected chi connectivity index (χ4v) is 1.96. The summed E-state index contributed by atoms with van der Waals surface area (Å²) >= 11 is 9.44. The summed E-state index contributed by atoms with van der Waals surface area (Å²) in [6, 6.07) is 0.405. The van der Waals surface area contributed by atoms with Gasteiger partial charge in [-0.1, -0.05) is 0 Å². The molecule has 1 aromatic heterocycles. The van der Waals surface area contributed by atoms with Crippen LogP contribution in [0, 0.1) is 0 Å². The summed E-state index contributed by atoms with van der Waals surface area (Å²) < 4.78 is 3.13. The Kier molecular flexibility index (Phi) is 4.45. The number of hydrogen-bond donors (Lipinski definition) is 0. The first-order valence-electron chi connectivity index (χ1n) is 4.88. The molecule has 80 valence electrons. The largest absolute Gasteiger partial charge is 0.266 e. The first-order chi connectivity index (χ1) is 6.52. The van der Waals surface area contributed by atoms with Crippen molar-refractivity contribution in [2.75, 3.05) is 0 Å². The van der Waals surface area contributed by atoms with Crippen LogP contribution in [0.25, 0.3) is 0 Å². The molecule has 1 aromatic rings. The monoisotopic (exact) mass is 278 g/mol. The fraction of sp³-hybridized carbons (Fsp3) is 0.700. The normalized spacial score (nSPS) is 13.6. The predicted octanol–water partition coefficient (Wildman–Crippen LogP) is 3.79. The molecule has 1 rings (SSSR count). The van der Waals surface area contributed by atoms with Crippen LogP contribution in [0.3, 0.4) is 0 Å². The highest BCUT2D eigenvalue weighted by atomic mass is 79.9. The third-order valence-corrected chi connectivity index (χ3v) is 3.00. The Labute approximate surface area is 98.8 Å². The van der Waals surface area contributed by atoms with Crippen molar-refractivity contribution in [3.8, 4) is 0 Å². The molecule has 0 bridgehead atoms. The van der Waals surface area contributed by atoms with Gasteiger partial charge in [0.25, 0.3) is 0 Å². The van der Waals surface area contributed by atoms with Crippen molar-refractivity contribution >= 4 is 27.5 Å². The molecule has 14 heavy (non-hydrogen) atoms. The zero-order chi connectivity index (χ0) is 10.7. The molecule has 0 amide bonds. The average molecular weight is 280 g/mol. The first-order valence-corrected chi connectivity index (χ1v) is 6.11. The molecule has 1 atom stereocenters. The van der Waals surface area contributed by atoms with Crippen molar-refractivity contribution in [1.82, 2.24) is 9.78 Å². The van der Waals surface area contributed by atoms with Crippen molar-refractivity contribution in [3.05, 3.63) is 16.4 Å². The van der Waals surface area contributed by atoms with Crippen LogP contribution in [0.4, 0.5) is 0 Å². The van der Waals surface area contributed by atoms with Gasteiger partial charge in [0.2, 0.25) is 0 Å². The second-order valence-corrected chi connectivity index (χ2v) is 5.40. The van der Waals surface area contributed by atoms with Crippen LogP contribution >= 0.6 is 27.5 Å². The Hall–Kier alpha value is -0.0200. The van der Waals surface area contributed by atoms with E-state index < -0.39 is 0 Å². The standard InChI is InChI=1S/C10H16BrClN2/c1-7(2)14-10(5-4-8(3)12)9(11)6-13-14/h6-8H,4-5H2,1-3H3. The van der Waals surface area contributed by atoms with Gasteiger partial charge in [-0.2, -0.15) is 5.10 Å². The summed E-state index contributed by atoms with van der Waals surface area (Å²) in [5, 5.41) is 4.54. The van der Waals surface area contributed by atoms with Crippen LogP contribution < -0.4 is 0 Å². The SMILES string of the molecule is CC(Cl)CCc1c(Br)cnn1C(C)C. The second-order valence-electron chi connectivity index (χ2n) is 3.80. The average Bonchev–Trinajstić information content (AvgIpc) is 2.43. The van der Waals surface area contributed by atoms with E-state index in [0.717, 1.165) is 17.3 Å². The van der Waals surface area contributed by atoms with Gasteiger partial charge in [-0.15, -0.1) is 11.6 Å². The lowest BCUT2D eigenvalue weighted by molar-refractivity contribution is 0.504. The van der Waals surface area contributed by atoms with Crippen LogP contribution in [0.15, 0.2) is 10.7 Å². The summed E-state index contributed by atoms with van der Waals surface area (Å²) in [5.74, 6) is 0. The van der Waals surface area contributed by atoms with Gasteiger partial charge in [-0.25, -0.2) is 0 Å². The van der Waals surface area contributed by atoms with Crippen LogP contribution in [0.2, 0.25) is 0 Å². The molecule has 0 saturated heterocycles. The molecule has 4 heteroatoms. The maximum absolute atomic E-state index is 5.93. The van der Waals surface area contributed by atoms with Gasteiger partial charge in [0.1, 0.15) is 0 Å². The van der Waals surface area contributed by atoms with Gasteiger partial charge >= 0.3 is 0 Å². The molecule has 0 fully saturated rings. The number of aromatic nitrogens is 2. The molecule has 0 aliphatic carbocycles. The molecule has 0 saturated carbocycles. The molecule has 0 aliphatic heterocycles. The predicted molar refractivity (Wildman–Crippen MR) is 63.9 cm³/mol. The number of rotatable bonds is 4. The lowest BCUT2D eigenvalue weighted by Crippen LogP contribution is -2.09. The van der Waals surface area contributed by atoms with E-state index in [4.69, 9.17) is 11.6 Å². The highest BCUT2D eigenvalue weighted by Crippen LogP contribution is 2.21. The van der Waals surface area contributed by atoms with Crippen molar-refractivity contribution in [2.24, 2.45) is 0 Å². The van der Waals surface area contributed by atoms with Crippen molar-refractivity contribution < 1.29 is 0 Å². The minimum atomic E-state index is 0.220. The van der Waals surface area contributed by atoms with Gasteiger partial charge in [-0.05, 0) is 49.5 Å². The second kappa shape index (κ2) is 5.17. The Morgan fingerprint density at radius 3 is 2.64 bits per heavy atom. The van der Waals surface area contributed by atoms with Gasteiger partial charge in [0.05, 0.1) is 16.4 Å². The van der Waals surface area contributed by atoms with Crippen molar-refractivity contribution in [3.63, 3.8) is 0 Å². The van der Waals surface area contributed by atoms with Crippen molar-refractivity contribution in [1.29, 1.82) is 0 Å². The molecule has 0 aliphatic rings. The molecule has 2 nitrogen and oxygen atoms in total.